The Morgan fingerprint density at radius 2 is 2.64 bits per heavy atom. The Morgan fingerprint density at radius 1 is 1.82 bits per heavy atom. The Bertz CT molecular complexity index is 147. The van der Waals surface area contributed by atoms with Crippen molar-refractivity contribution in [2.24, 2.45) is 0 Å². The minimum atomic E-state index is -0.303. The van der Waals surface area contributed by atoms with E-state index in [0.717, 1.165) is 12.8 Å². The lowest BCUT2D eigenvalue weighted by molar-refractivity contribution is -0.168. The van der Waals surface area contributed by atoms with Crippen molar-refractivity contribution in [3.05, 3.63) is 12.7 Å². The predicted molar refractivity (Wildman–Crippen MR) is 39.9 cm³/mol. The Kier molecular flexibility index (Phi) is 3.11. The first-order valence-electron chi connectivity index (χ1n) is 3.75. The van der Waals surface area contributed by atoms with Gasteiger partial charge in [0, 0.05) is 6.42 Å². The average molecular weight is 156 g/mol. The molecule has 0 N–H and O–H groups in total. The van der Waals surface area contributed by atoms with Gasteiger partial charge in [0.1, 0.15) is 0 Å². The second-order valence-corrected chi connectivity index (χ2v) is 2.43. The van der Waals surface area contributed by atoms with Gasteiger partial charge in [-0.25, -0.2) is 0 Å². The molecule has 3 nitrogen and oxygen atoms in total. The van der Waals surface area contributed by atoms with Gasteiger partial charge >= 0.3 is 5.97 Å². The maximum Gasteiger partial charge on any atom is 0.311 e. The summed E-state index contributed by atoms with van der Waals surface area (Å²) < 4.78 is 10.0. The molecule has 11 heavy (non-hydrogen) atoms. The Morgan fingerprint density at radius 3 is 3.18 bits per heavy atom. The standard InChI is InChI=1S/C8H12O3/c1-2-4-7(9)11-8-5-3-6-10-8/h2,8H,1,3-6H2. The van der Waals surface area contributed by atoms with Gasteiger partial charge in [0.05, 0.1) is 13.0 Å². The van der Waals surface area contributed by atoms with Crippen molar-refractivity contribution in [2.75, 3.05) is 6.61 Å². The summed E-state index contributed by atoms with van der Waals surface area (Å²) in [4.78, 5) is 10.8. The summed E-state index contributed by atoms with van der Waals surface area (Å²) in [6, 6.07) is 0. The molecule has 1 aliphatic rings. The molecule has 0 aromatic carbocycles. The van der Waals surface area contributed by atoms with Crippen molar-refractivity contribution >= 4 is 5.97 Å². The van der Waals surface area contributed by atoms with E-state index in [4.69, 9.17) is 9.47 Å². The fraction of sp³-hybridized carbons (Fsp3) is 0.625. The lowest BCUT2D eigenvalue weighted by Gasteiger charge is -2.09. The van der Waals surface area contributed by atoms with Crippen LogP contribution in [0.3, 0.4) is 0 Å². The van der Waals surface area contributed by atoms with E-state index in [1.165, 1.54) is 6.08 Å². The third-order valence-corrected chi connectivity index (χ3v) is 1.46. The smallest absolute Gasteiger partial charge is 0.311 e. The van der Waals surface area contributed by atoms with Gasteiger partial charge in [-0.1, -0.05) is 6.08 Å². The van der Waals surface area contributed by atoms with Crippen molar-refractivity contribution < 1.29 is 14.3 Å². The summed E-state index contributed by atoms with van der Waals surface area (Å²) in [7, 11) is 0. The fourth-order valence-corrected chi connectivity index (χ4v) is 0.954. The minimum Gasteiger partial charge on any atom is -0.436 e. The molecule has 1 heterocycles. The van der Waals surface area contributed by atoms with Crippen LogP contribution in [0.2, 0.25) is 0 Å². The molecular weight excluding hydrogens is 144 g/mol. The molecule has 1 unspecified atom stereocenters. The van der Waals surface area contributed by atoms with Crippen LogP contribution in [0.4, 0.5) is 0 Å². The van der Waals surface area contributed by atoms with E-state index < -0.39 is 0 Å². The van der Waals surface area contributed by atoms with Gasteiger partial charge in [0.15, 0.2) is 0 Å². The first-order valence-corrected chi connectivity index (χ1v) is 3.75. The first kappa shape index (κ1) is 8.27. The van der Waals surface area contributed by atoms with E-state index in [-0.39, 0.29) is 18.7 Å². The number of ether oxygens (including phenoxy) is 2. The molecule has 0 amide bonds. The maximum atomic E-state index is 10.8. The summed E-state index contributed by atoms with van der Waals surface area (Å²) in [5.41, 5.74) is 0. The van der Waals surface area contributed by atoms with Crippen LogP contribution in [-0.4, -0.2) is 18.9 Å². The van der Waals surface area contributed by atoms with E-state index in [2.05, 4.69) is 6.58 Å². The minimum absolute atomic E-state index is 0.257. The topological polar surface area (TPSA) is 35.5 Å². The molecule has 1 saturated heterocycles. The average Bonchev–Trinajstić information content (AvgIpc) is 2.40. The largest absolute Gasteiger partial charge is 0.436 e. The molecule has 1 atom stereocenters. The third kappa shape index (κ3) is 2.72. The van der Waals surface area contributed by atoms with Crippen molar-refractivity contribution in [3.8, 4) is 0 Å². The van der Waals surface area contributed by atoms with Crippen LogP contribution >= 0.6 is 0 Å². The number of hydrogen-bond donors (Lipinski definition) is 0. The number of rotatable bonds is 3. The lowest BCUT2D eigenvalue weighted by atomic mass is 10.3. The lowest BCUT2D eigenvalue weighted by Crippen LogP contribution is -2.15. The predicted octanol–water partition coefficient (Wildman–Crippen LogP) is 1.24. The highest BCUT2D eigenvalue weighted by Gasteiger charge is 2.18. The second kappa shape index (κ2) is 4.13. The molecule has 62 valence electrons. The van der Waals surface area contributed by atoms with Gasteiger partial charge in [0.25, 0.3) is 0 Å². The van der Waals surface area contributed by atoms with E-state index in [1.807, 2.05) is 0 Å². The van der Waals surface area contributed by atoms with Crippen LogP contribution in [0, 0.1) is 0 Å². The van der Waals surface area contributed by atoms with Crippen LogP contribution in [0.1, 0.15) is 19.3 Å². The van der Waals surface area contributed by atoms with Crippen molar-refractivity contribution in [2.45, 2.75) is 25.6 Å². The highest BCUT2D eigenvalue weighted by molar-refractivity contribution is 5.71. The molecule has 0 radical (unpaired) electrons. The zero-order valence-electron chi connectivity index (χ0n) is 6.41. The summed E-state index contributed by atoms with van der Waals surface area (Å²) in [6.45, 7) is 4.13. The quantitative estimate of drug-likeness (QED) is 0.455. The highest BCUT2D eigenvalue weighted by atomic mass is 16.7. The molecule has 0 aromatic heterocycles. The van der Waals surface area contributed by atoms with Crippen molar-refractivity contribution in [1.82, 2.24) is 0 Å². The van der Waals surface area contributed by atoms with Crippen LogP contribution in [0.15, 0.2) is 12.7 Å². The summed E-state index contributed by atoms with van der Waals surface area (Å²) in [6.07, 6.45) is 3.29. The van der Waals surface area contributed by atoms with Crippen molar-refractivity contribution in [3.63, 3.8) is 0 Å². The third-order valence-electron chi connectivity index (χ3n) is 1.46. The van der Waals surface area contributed by atoms with E-state index in [1.54, 1.807) is 0 Å². The maximum absolute atomic E-state index is 10.8. The normalized spacial score (nSPS) is 23.1. The van der Waals surface area contributed by atoms with Gasteiger partial charge < -0.3 is 9.47 Å². The Balaban J connectivity index is 2.18. The molecule has 0 bridgehead atoms. The SMILES string of the molecule is C=CCC(=O)OC1CCCO1. The van der Waals surface area contributed by atoms with Gasteiger partial charge in [-0.2, -0.15) is 0 Å². The summed E-state index contributed by atoms with van der Waals surface area (Å²) >= 11 is 0. The molecule has 0 spiro atoms. The summed E-state index contributed by atoms with van der Waals surface area (Å²) in [5, 5.41) is 0. The zero-order chi connectivity index (χ0) is 8.10. The number of carbonyl (C=O) groups excluding carboxylic acids is 1. The monoisotopic (exact) mass is 156 g/mol. The molecule has 0 aromatic rings. The van der Waals surface area contributed by atoms with Crippen LogP contribution in [0.25, 0.3) is 0 Å². The van der Waals surface area contributed by atoms with Gasteiger partial charge in [-0.3, -0.25) is 4.79 Å². The molecule has 1 rings (SSSR count). The number of esters is 1. The zero-order valence-corrected chi connectivity index (χ0v) is 6.41. The molecule has 1 aliphatic heterocycles. The van der Waals surface area contributed by atoms with Crippen LogP contribution in [0.5, 0.6) is 0 Å². The molecular formula is C8H12O3. The van der Waals surface area contributed by atoms with Gasteiger partial charge in [-0.15, -0.1) is 6.58 Å². The summed E-state index contributed by atoms with van der Waals surface area (Å²) in [5.74, 6) is -0.257. The van der Waals surface area contributed by atoms with E-state index >= 15 is 0 Å². The fourth-order valence-electron chi connectivity index (χ4n) is 0.954. The molecule has 1 fully saturated rings. The van der Waals surface area contributed by atoms with Crippen molar-refractivity contribution in [1.29, 1.82) is 0 Å². The molecule has 0 aliphatic carbocycles. The van der Waals surface area contributed by atoms with Crippen LogP contribution < -0.4 is 0 Å². The molecule has 3 heteroatoms. The highest BCUT2D eigenvalue weighted by Crippen LogP contribution is 2.13. The Hall–Kier alpha value is -0.830. The van der Waals surface area contributed by atoms with E-state index in [0.29, 0.717) is 6.61 Å². The van der Waals surface area contributed by atoms with E-state index in [9.17, 15) is 4.79 Å². The molecule has 0 saturated carbocycles. The first-order chi connectivity index (χ1) is 5.33. The number of carbonyl (C=O) groups is 1. The Labute approximate surface area is 66.0 Å². The van der Waals surface area contributed by atoms with Crippen LogP contribution in [-0.2, 0) is 14.3 Å². The van der Waals surface area contributed by atoms with Gasteiger partial charge in [-0.05, 0) is 6.42 Å². The number of hydrogen-bond acceptors (Lipinski definition) is 3. The van der Waals surface area contributed by atoms with Gasteiger partial charge in [0.2, 0.25) is 6.29 Å². The second-order valence-electron chi connectivity index (χ2n) is 2.43.